The van der Waals surface area contributed by atoms with Gasteiger partial charge < -0.3 is 30.7 Å². The number of rotatable bonds is 1. The molecule has 2 aromatic carbocycles. The van der Waals surface area contributed by atoms with Crippen molar-refractivity contribution in [3.05, 3.63) is 71.4 Å². The van der Waals surface area contributed by atoms with Crippen LogP contribution in [-0.4, -0.2) is 53.6 Å². The minimum Gasteiger partial charge on any atom is -0.488 e. The molecule has 3 aliphatic rings. The van der Waals surface area contributed by atoms with E-state index in [9.17, 15) is 9.59 Å². The first-order chi connectivity index (χ1) is 17.4. The molecule has 1 saturated heterocycles. The van der Waals surface area contributed by atoms with Gasteiger partial charge in [-0.25, -0.2) is 4.98 Å². The number of carbonyl (C=O) groups excluding carboxylic acids is 2. The highest BCUT2D eigenvalue weighted by atomic mass is 16.5. The van der Waals surface area contributed by atoms with Crippen molar-refractivity contribution in [1.29, 1.82) is 0 Å². The van der Waals surface area contributed by atoms with Crippen molar-refractivity contribution in [3.63, 3.8) is 0 Å². The molecule has 36 heavy (non-hydrogen) atoms. The summed E-state index contributed by atoms with van der Waals surface area (Å²) >= 11 is 0. The Morgan fingerprint density at radius 3 is 2.75 bits per heavy atom. The Kier molecular flexibility index (Phi) is 6.57. The molecule has 3 aromatic rings. The van der Waals surface area contributed by atoms with E-state index in [1.807, 2.05) is 36.1 Å². The first-order valence-electron chi connectivity index (χ1n) is 11.8. The second-order valence-corrected chi connectivity index (χ2v) is 8.94. The lowest BCUT2D eigenvalue weighted by Gasteiger charge is -2.38. The predicted octanol–water partition coefficient (Wildman–Crippen LogP) is 1.83. The van der Waals surface area contributed by atoms with Crippen molar-refractivity contribution in [1.82, 2.24) is 20.6 Å². The van der Waals surface area contributed by atoms with E-state index in [0.717, 1.165) is 11.1 Å². The van der Waals surface area contributed by atoms with Crippen molar-refractivity contribution in [2.45, 2.75) is 32.0 Å². The summed E-state index contributed by atoms with van der Waals surface area (Å²) in [6.45, 7) is 3.20. The van der Waals surface area contributed by atoms with E-state index >= 15 is 0 Å². The lowest BCUT2D eigenvalue weighted by Crippen LogP contribution is -2.57. The summed E-state index contributed by atoms with van der Waals surface area (Å²) in [6, 6.07) is 14.0. The Labute approximate surface area is 208 Å². The molecule has 10 heteroatoms. The first-order valence-corrected chi connectivity index (χ1v) is 11.8. The molecular weight excluding hydrogens is 460 g/mol. The van der Waals surface area contributed by atoms with Crippen LogP contribution < -0.4 is 30.7 Å². The topological polar surface area (TPSA) is 132 Å². The fourth-order valence-corrected chi connectivity index (χ4v) is 4.31. The number of amides is 2. The van der Waals surface area contributed by atoms with E-state index in [2.05, 4.69) is 20.6 Å². The minimum atomic E-state index is -0.347. The van der Waals surface area contributed by atoms with E-state index in [-0.39, 0.29) is 30.6 Å². The maximum absolute atomic E-state index is 13.3. The van der Waals surface area contributed by atoms with Gasteiger partial charge in [0.2, 0.25) is 5.95 Å². The number of nitrogens with one attached hydrogen (secondary N) is 2. The van der Waals surface area contributed by atoms with Gasteiger partial charge in [-0.15, -0.1) is 0 Å². The van der Waals surface area contributed by atoms with Crippen molar-refractivity contribution in [3.8, 4) is 11.5 Å². The molecule has 3 aliphatic heterocycles. The third kappa shape index (κ3) is 5.32. The van der Waals surface area contributed by atoms with Crippen molar-refractivity contribution in [2.75, 3.05) is 30.3 Å². The number of ether oxygens (including phenoxy) is 2. The zero-order chi connectivity index (χ0) is 25.1. The quantitative estimate of drug-likeness (QED) is 0.473. The third-order valence-corrected chi connectivity index (χ3v) is 6.32. The van der Waals surface area contributed by atoms with Crippen LogP contribution in [0.5, 0.6) is 11.5 Å². The summed E-state index contributed by atoms with van der Waals surface area (Å²) in [5.74, 6) is 1.56. The number of anilines is 2. The zero-order valence-electron chi connectivity index (χ0n) is 19.9. The summed E-state index contributed by atoms with van der Waals surface area (Å²) < 4.78 is 12.1. The van der Waals surface area contributed by atoms with Crippen LogP contribution in [-0.2, 0) is 11.3 Å². The Morgan fingerprint density at radius 2 is 1.94 bits per heavy atom. The molecule has 4 heterocycles. The number of nitrogens with two attached hydrogens (primary N) is 1. The van der Waals surface area contributed by atoms with Crippen LogP contribution in [0.4, 0.5) is 11.8 Å². The molecule has 0 spiro atoms. The standard InChI is InChI=1S/C26H28N6O4/c1-16-2-5-18-12-22(16)35-15-24(33)29-13-17-3-6-19(7-4-17)36-21-9-11-32(14-20(21)30-25(18)34)26-28-10-8-23(27)31-26/h2-8,10,12,20-21H,9,11,13-15H2,1H3,(H,29,33)(H,30,34)(H2,27,28,31)/t20-,21-/m0/s1. The summed E-state index contributed by atoms with van der Waals surface area (Å²) in [6.07, 6.45) is 1.99. The number of hydrogen-bond acceptors (Lipinski definition) is 8. The summed E-state index contributed by atoms with van der Waals surface area (Å²) in [5.41, 5.74) is 8.07. The molecule has 186 valence electrons. The van der Waals surface area contributed by atoms with Gasteiger partial charge in [-0.2, -0.15) is 4.98 Å². The van der Waals surface area contributed by atoms with Gasteiger partial charge in [-0.05, 0) is 48.4 Å². The predicted molar refractivity (Wildman–Crippen MR) is 134 cm³/mol. The normalized spacial score (nSPS) is 20.3. The molecule has 4 N–H and O–H groups in total. The molecule has 6 rings (SSSR count). The average Bonchev–Trinajstić information content (AvgIpc) is 2.88. The van der Waals surface area contributed by atoms with Gasteiger partial charge in [0, 0.05) is 37.8 Å². The molecule has 0 saturated carbocycles. The van der Waals surface area contributed by atoms with E-state index in [1.165, 1.54) is 0 Å². The van der Waals surface area contributed by atoms with Gasteiger partial charge >= 0.3 is 0 Å². The molecule has 1 aromatic heterocycles. The summed E-state index contributed by atoms with van der Waals surface area (Å²) in [5, 5.41) is 5.98. The van der Waals surface area contributed by atoms with Gasteiger partial charge in [0.15, 0.2) is 6.61 Å². The molecule has 0 aliphatic carbocycles. The number of nitrogen functional groups attached to an aromatic ring is 1. The van der Waals surface area contributed by atoms with Gasteiger partial charge in [0.1, 0.15) is 23.4 Å². The van der Waals surface area contributed by atoms with Crippen LogP contribution in [0.25, 0.3) is 0 Å². The van der Waals surface area contributed by atoms with Crippen molar-refractivity contribution in [2.24, 2.45) is 0 Å². The molecule has 0 radical (unpaired) electrons. The van der Waals surface area contributed by atoms with Crippen LogP contribution in [0.2, 0.25) is 0 Å². The number of fused-ring (bicyclic) bond motifs is 7. The molecule has 2 amide bonds. The zero-order valence-corrected chi connectivity index (χ0v) is 19.9. The largest absolute Gasteiger partial charge is 0.488 e. The SMILES string of the molecule is Cc1ccc2cc1OCC(=O)NCc1ccc(cc1)O[C@H]1CCN(c3nccc(N)n3)C[C@@H]1NC2=O. The maximum atomic E-state index is 13.3. The van der Waals surface area contributed by atoms with Crippen LogP contribution in [0.1, 0.15) is 27.9 Å². The Balaban J connectivity index is 1.45. The smallest absolute Gasteiger partial charge is 0.258 e. The Hall–Kier alpha value is -4.34. The highest BCUT2D eigenvalue weighted by Gasteiger charge is 2.33. The van der Waals surface area contributed by atoms with Crippen LogP contribution in [0.15, 0.2) is 54.7 Å². The monoisotopic (exact) mass is 488 g/mol. The molecular formula is C26H28N6O4. The van der Waals surface area contributed by atoms with Crippen LogP contribution in [0.3, 0.4) is 0 Å². The van der Waals surface area contributed by atoms with Gasteiger partial charge in [-0.3, -0.25) is 9.59 Å². The Morgan fingerprint density at radius 1 is 1.11 bits per heavy atom. The lowest BCUT2D eigenvalue weighted by molar-refractivity contribution is -0.123. The number of carbonyl (C=O) groups is 2. The second kappa shape index (κ2) is 10.1. The Bertz CT molecular complexity index is 1270. The number of nitrogens with zero attached hydrogens (tertiary/aromatic N) is 3. The van der Waals surface area contributed by atoms with E-state index < -0.39 is 0 Å². The molecule has 10 nitrogen and oxygen atoms in total. The molecule has 0 unspecified atom stereocenters. The van der Waals surface area contributed by atoms with Gasteiger partial charge in [0.25, 0.3) is 11.8 Å². The fourth-order valence-electron chi connectivity index (χ4n) is 4.31. The number of aryl methyl sites for hydroxylation is 1. The first kappa shape index (κ1) is 23.4. The molecule has 1 fully saturated rings. The molecule has 4 bridgehead atoms. The fraction of sp³-hybridized carbons (Fsp3) is 0.308. The summed E-state index contributed by atoms with van der Waals surface area (Å²) in [4.78, 5) is 36.3. The highest BCUT2D eigenvalue weighted by Crippen LogP contribution is 2.24. The van der Waals surface area contributed by atoms with Crippen LogP contribution in [0, 0.1) is 6.92 Å². The van der Waals surface area contributed by atoms with Crippen molar-refractivity contribution >= 4 is 23.6 Å². The third-order valence-electron chi connectivity index (χ3n) is 6.32. The number of piperidine rings is 1. The average molecular weight is 489 g/mol. The molecule has 2 atom stereocenters. The number of aromatic nitrogens is 2. The van der Waals surface area contributed by atoms with Crippen LogP contribution >= 0.6 is 0 Å². The van der Waals surface area contributed by atoms with Crippen molar-refractivity contribution < 1.29 is 19.1 Å². The van der Waals surface area contributed by atoms with Gasteiger partial charge in [-0.1, -0.05) is 18.2 Å². The number of hydrogen-bond donors (Lipinski definition) is 3. The summed E-state index contributed by atoms with van der Waals surface area (Å²) in [7, 11) is 0. The lowest BCUT2D eigenvalue weighted by atomic mass is 10.0. The second-order valence-electron chi connectivity index (χ2n) is 8.94. The number of benzene rings is 2. The van der Waals surface area contributed by atoms with E-state index in [1.54, 1.807) is 30.5 Å². The van der Waals surface area contributed by atoms with Gasteiger partial charge in [0.05, 0.1) is 6.04 Å². The minimum absolute atomic E-state index is 0.146. The van der Waals surface area contributed by atoms with E-state index in [0.29, 0.717) is 54.9 Å². The highest BCUT2D eigenvalue weighted by molar-refractivity contribution is 5.95. The van der Waals surface area contributed by atoms with E-state index in [4.69, 9.17) is 15.2 Å². The maximum Gasteiger partial charge on any atom is 0.258 e.